The maximum absolute atomic E-state index is 14.1. The monoisotopic (exact) mass is 433 g/mol. The fourth-order valence-electron chi connectivity index (χ4n) is 5.14. The molecule has 4 rings (SSSR count). The van der Waals surface area contributed by atoms with Crippen molar-refractivity contribution in [2.75, 3.05) is 26.2 Å². The minimum absolute atomic E-state index is 0.228. The first-order valence-electron chi connectivity index (χ1n) is 11.4. The van der Waals surface area contributed by atoms with Crippen molar-refractivity contribution in [3.05, 3.63) is 29.6 Å². The van der Waals surface area contributed by atoms with Gasteiger partial charge in [0.05, 0.1) is 6.10 Å². The molecule has 31 heavy (non-hydrogen) atoms. The molecule has 3 aliphatic rings. The summed E-state index contributed by atoms with van der Waals surface area (Å²) in [6.07, 6.45) is 3.57. The molecule has 3 amide bonds. The average molecular weight is 434 g/mol. The van der Waals surface area contributed by atoms with Crippen LogP contribution in [0.5, 0.6) is 5.75 Å². The van der Waals surface area contributed by atoms with E-state index in [1.807, 2.05) is 13.8 Å². The number of benzene rings is 1. The highest BCUT2D eigenvalue weighted by Crippen LogP contribution is 2.49. The van der Waals surface area contributed by atoms with E-state index >= 15 is 0 Å². The predicted molar refractivity (Wildman–Crippen MR) is 113 cm³/mol. The van der Waals surface area contributed by atoms with E-state index in [1.165, 1.54) is 17.0 Å². The molecular weight excluding hydrogens is 401 g/mol. The molecule has 1 spiro atoms. The van der Waals surface area contributed by atoms with Crippen molar-refractivity contribution in [1.82, 2.24) is 15.1 Å². The zero-order chi connectivity index (χ0) is 22.2. The highest BCUT2D eigenvalue weighted by atomic mass is 19.1. The number of amides is 3. The number of nitrogens with one attached hydrogen (secondary N) is 1. The smallest absolute Gasteiger partial charge is 0.325 e. The summed E-state index contributed by atoms with van der Waals surface area (Å²) < 4.78 is 20.4. The van der Waals surface area contributed by atoms with E-state index in [4.69, 9.17) is 4.74 Å². The summed E-state index contributed by atoms with van der Waals surface area (Å²) in [5, 5.41) is 12.6. The second-order valence-corrected chi connectivity index (χ2v) is 9.03. The van der Waals surface area contributed by atoms with Crippen LogP contribution in [0, 0.1) is 5.82 Å². The van der Waals surface area contributed by atoms with Crippen LogP contribution in [0.2, 0.25) is 0 Å². The van der Waals surface area contributed by atoms with Gasteiger partial charge in [0.25, 0.3) is 5.91 Å². The van der Waals surface area contributed by atoms with Crippen LogP contribution in [0.4, 0.5) is 9.18 Å². The molecule has 2 N–H and O–H groups in total. The van der Waals surface area contributed by atoms with Crippen molar-refractivity contribution in [2.24, 2.45) is 0 Å². The first kappa shape index (κ1) is 22.0. The Morgan fingerprint density at radius 2 is 1.90 bits per heavy atom. The molecule has 2 saturated heterocycles. The van der Waals surface area contributed by atoms with E-state index in [9.17, 15) is 19.1 Å². The highest BCUT2D eigenvalue weighted by molar-refractivity contribution is 6.08. The van der Waals surface area contributed by atoms with Crippen molar-refractivity contribution >= 4 is 11.9 Å². The molecule has 170 valence electrons. The van der Waals surface area contributed by atoms with Crippen LogP contribution in [-0.2, 0) is 10.3 Å². The first-order chi connectivity index (χ1) is 14.8. The Bertz CT molecular complexity index is 851. The molecule has 8 heteroatoms. The molecule has 1 aromatic carbocycles. The quantitative estimate of drug-likeness (QED) is 0.675. The minimum atomic E-state index is -1.30. The third kappa shape index (κ3) is 3.91. The highest BCUT2D eigenvalue weighted by Gasteiger charge is 2.59. The molecule has 1 aromatic rings. The Labute approximate surface area is 182 Å². The number of halogens is 1. The third-order valence-electron chi connectivity index (χ3n) is 7.19. The van der Waals surface area contributed by atoms with Gasteiger partial charge in [-0.1, -0.05) is 13.8 Å². The number of ether oxygens (including phenoxy) is 1. The van der Waals surface area contributed by atoms with Crippen molar-refractivity contribution in [1.29, 1.82) is 0 Å². The summed E-state index contributed by atoms with van der Waals surface area (Å²) in [5.41, 5.74) is -1.50. The predicted octanol–water partition coefficient (Wildman–Crippen LogP) is 2.76. The van der Waals surface area contributed by atoms with Gasteiger partial charge in [0.1, 0.15) is 17.2 Å². The summed E-state index contributed by atoms with van der Waals surface area (Å²) in [7, 11) is 0. The summed E-state index contributed by atoms with van der Waals surface area (Å²) in [6.45, 7) is 6.72. The number of hydrogen-bond acceptors (Lipinski definition) is 5. The molecule has 0 saturated carbocycles. The number of fused-ring (bicyclic) bond motifs is 2. The number of aliphatic hydroxyl groups is 1. The van der Waals surface area contributed by atoms with Gasteiger partial charge >= 0.3 is 6.03 Å². The Kier molecular flexibility index (Phi) is 5.96. The maximum atomic E-state index is 14.1. The number of carbonyl (C=O) groups is 2. The van der Waals surface area contributed by atoms with Gasteiger partial charge in [0.15, 0.2) is 5.54 Å². The average Bonchev–Trinajstić information content (AvgIpc) is 3.00. The van der Waals surface area contributed by atoms with Gasteiger partial charge in [0, 0.05) is 31.6 Å². The Balaban J connectivity index is 1.55. The molecule has 3 aliphatic heterocycles. The fourth-order valence-corrected chi connectivity index (χ4v) is 5.14. The van der Waals surface area contributed by atoms with E-state index in [2.05, 4.69) is 10.2 Å². The lowest BCUT2D eigenvalue weighted by atomic mass is 9.74. The third-order valence-corrected chi connectivity index (χ3v) is 7.19. The van der Waals surface area contributed by atoms with Crippen LogP contribution in [-0.4, -0.2) is 64.7 Å². The minimum Gasteiger partial charge on any atom is -0.487 e. The largest absolute Gasteiger partial charge is 0.487 e. The first-order valence-corrected chi connectivity index (χ1v) is 11.4. The van der Waals surface area contributed by atoms with E-state index in [-0.39, 0.29) is 18.4 Å². The molecule has 0 aromatic heterocycles. The van der Waals surface area contributed by atoms with Crippen LogP contribution in [0.25, 0.3) is 0 Å². The molecule has 1 unspecified atom stereocenters. The van der Waals surface area contributed by atoms with Crippen LogP contribution in [0.3, 0.4) is 0 Å². The zero-order valence-corrected chi connectivity index (χ0v) is 18.3. The summed E-state index contributed by atoms with van der Waals surface area (Å²) in [4.78, 5) is 30.0. The number of aliphatic hydroxyl groups excluding tert-OH is 1. The van der Waals surface area contributed by atoms with Crippen LogP contribution in [0.1, 0.15) is 57.9 Å². The van der Waals surface area contributed by atoms with Crippen molar-refractivity contribution in [3.63, 3.8) is 0 Å². The van der Waals surface area contributed by atoms with E-state index in [1.54, 1.807) is 6.07 Å². The topological polar surface area (TPSA) is 82.1 Å². The van der Waals surface area contributed by atoms with Gasteiger partial charge in [-0.05, 0) is 56.8 Å². The van der Waals surface area contributed by atoms with Crippen LogP contribution in [0.15, 0.2) is 18.2 Å². The lowest BCUT2D eigenvalue weighted by molar-refractivity contribution is -0.135. The molecule has 0 bridgehead atoms. The van der Waals surface area contributed by atoms with Gasteiger partial charge in [-0.2, -0.15) is 0 Å². The van der Waals surface area contributed by atoms with Crippen molar-refractivity contribution in [3.8, 4) is 5.75 Å². The summed E-state index contributed by atoms with van der Waals surface area (Å²) in [5.74, 6) is -0.332. The van der Waals surface area contributed by atoms with Crippen LogP contribution >= 0.6 is 0 Å². The summed E-state index contributed by atoms with van der Waals surface area (Å²) in [6, 6.07) is 3.75. The maximum Gasteiger partial charge on any atom is 0.325 e. The number of nitrogens with zero attached hydrogens (tertiary/aromatic N) is 2. The Hall–Kier alpha value is -2.19. The van der Waals surface area contributed by atoms with Crippen molar-refractivity contribution in [2.45, 2.75) is 69.6 Å². The zero-order valence-electron chi connectivity index (χ0n) is 18.3. The molecule has 0 aliphatic carbocycles. The van der Waals surface area contributed by atoms with Crippen LogP contribution < -0.4 is 10.1 Å². The number of likely N-dealkylation sites (tertiary alicyclic amines) is 1. The Morgan fingerprint density at radius 1 is 1.19 bits per heavy atom. The van der Waals surface area contributed by atoms with E-state index in [0.717, 1.165) is 32.5 Å². The Morgan fingerprint density at radius 3 is 2.58 bits per heavy atom. The van der Waals surface area contributed by atoms with Gasteiger partial charge in [-0.15, -0.1) is 0 Å². The molecular formula is C23H32FN3O4. The number of piperidine rings is 1. The van der Waals surface area contributed by atoms with E-state index in [0.29, 0.717) is 37.1 Å². The number of rotatable bonds is 6. The SMILES string of the molecule is CCC1(CC)CC2(NC(=O)N(CCCN3CCC(O)CC3)C2=O)c2cc(F)ccc2O1. The lowest BCUT2D eigenvalue weighted by Gasteiger charge is -2.45. The normalized spacial score (nSPS) is 26.1. The number of urea groups is 1. The molecule has 3 heterocycles. The van der Waals surface area contributed by atoms with Gasteiger partial charge in [-0.3, -0.25) is 9.69 Å². The van der Waals surface area contributed by atoms with E-state index < -0.39 is 23.0 Å². The number of imide groups is 1. The van der Waals surface area contributed by atoms with Gasteiger partial charge in [0.2, 0.25) is 0 Å². The second kappa shape index (κ2) is 8.39. The number of hydrogen-bond donors (Lipinski definition) is 2. The molecule has 2 fully saturated rings. The van der Waals surface area contributed by atoms with Crippen molar-refractivity contribution < 1.29 is 23.8 Å². The molecule has 1 atom stereocenters. The standard InChI is InChI=1S/C23H32FN3O4/c1-3-22(4-2)15-23(18-14-16(24)6-7-19(18)31-22)20(29)27(21(30)25-23)11-5-10-26-12-8-17(28)9-13-26/h6-7,14,17,28H,3-5,8-13,15H2,1-2H3,(H,25,30). The number of carbonyl (C=O) groups excluding carboxylic acids is 2. The van der Waals surface area contributed by atoms with Gasteiger partial charge < -0.3 is 20.1 Å². The fraction of sp³-hybridized carbons (Fsp3) is 0.652. The van der Waals surface area contributed by atoms with Gasteiger partial charge in [-0.25, -0.2) is 9.18 Å². The molecule has 0 radical (unpaired) electrons. The summed E-state index contributed by atoms with van der Waals surface area (Å²) >= 11 is 0. The molecule has 7 nitrogen and oxygen atoms in total. The lowest BCUT2D eigenvalue weighted by Crippen LogP contribution is -2.55. The second-order valence-electron chi connectivity index (χ2n) is 9.03.